The number of hydrogen-bond acceptors (Lipinski definition) is 4. The van der Waals surface area contributed by atoms with Crippen LogP contribution in [0.15, 0.2) is 48.9 Å². The number of benzene rings is 1. The van der Waals surface area contributed by atoms with Gasteiger partial charge in [-0.15, -0.1) is 0 Å². The molecule has 1 aromatic carbocycles. The molecule has 1 unspecified atom stereocenters. The number of ether oxygens (including phenoxy) is 1. The van der Waals surface area contributed by atoms with Crippen molar-refractivity contribution in [2.24, 2.45) is 0 Å². The van der Waals surface area contributed by atoms with Gasteiger partial charge in [-0.25, -0.2) is 9.19 Å². The molecule has 0 amide bonds. The molecular weight excluding hydrogens is 374 g/mol. The second kappa shape index (κ2) is 8.44. The second-order valence-corrected chi connectivity index (χ2v) is 6.89. The summed E-state index contributed by atoms with van der Waals surface area (Å²) in [6.45, 7) is 2.74. The van der Waals surface area contributed by atoms with Crippen molar-refractivity contribution in [3.63, 3.8) is 0 Å². The highest BCUT2D eigenvalue weighted by atomic mass is 35.5. The summed E-state index contributed by atoms with van der Waals surface area (Å²) in [6.07, 6.45) is 4.20. The van der Waals surface area contributed by atoms with Crippen molar-refractivity contribution in [3.8, 4) is 22.7 Å². The lowest BCUT2D eigenvalue weighted by Crippen LogP contribution is -2.00. The van der Waals surface area contributed by atoms with Gasteiger partial charge in [0, 0.05) is 5.56 Å². The molecule has 3 rings (SSSR count). The van der Waals surface area contributed by atoms with Gasteiger partial charge in [-0.3, -0.25) is 9.55 Å². The summed E-state index contributed by atoms with van der Waals surface area (Å²) in [4.78, 5) is 8.42. The molecule has 1 atom stereocenters. The van der Waals surface area contributed by atoms with E-state index in [0.29, 0.717) is 17.5 Å². The van der Waals surface area contributed by atoms with E-state index in [1.54, 1.807) is 18.6 Å². The van der Waals surface area contributed by atoms with Crippen LogP contribution in [0.5, 0.6) is 5.75 Å². The number of aromatic nitrogens is 3. The molecule has 0 bridgehead atoms. The quantitative estimate of drug-likeness (QED) is 0.613. The van der Waals surface area contributed by atoms with Crippen LogP contribution in [0.4, 0.5) is 0 Å². The van der Waals surface area contributed by atoms with Crippen molar-refractivity contribution in [1.29, 1.82) is 0 Å². The van der Waals surface area contributed by atoms with E-state index in [0.717, 1.165) is 29.1 Å². The SMILES string of the molecule is CCCOc1ccc(-c2c(Cl)ncn2-c2ccc(CS(=O)O)nc2)cc1. The highest BCUT2D eigenvalue weighted by molar-refractivity contribution is 7.78. The number of pyridine rings is 1. The van der Waals surface area contributed by atoms with E-state index in [1.807, 2.05) is 34.9 Å². The lowest BCUT2D eigenvalue weighted by molar-refractivity contribution is 0.317. The zero-order valence-electron chi connectivity index (χ0n) is 14.1. The summed E-state index contributed by atoms with van der Waals surface area (Å²) in [7, 11) is 0. The average molecular weight is 392 g/mol. The molecule has 1 N–H and O–H groups in total. The van der Waals surface area contributed by atoms with Gasteiger partial charge in [0.1, 0.15) is 12.1 Å². The fraction of sp³-hybridized carbons (Fsp3) is 0.222. The molecule has 0 saturated heterocycles. The summed E-state index contributed by atoms with van der Waals surface area (Å²) in [5.74, 6) is 0.803. The minimum Gasteiger partial charge on any atom is -0.494 e. The lowest BCUT2D eigenvalue weighted by atomic mass is 10.1. The molecule has 8 heteroatoms. The Balaban J connectivity index is 1.90. The minimum atomic E-state index is -1.92. The van der Waals surface area contributed by atoms with Crippen LogP contribution in [0.3, 0.4) is 0 Å². The Morgan fingerprint density at radius 3 is 2.58 bits per heavy atom. The first-order valence-corrected chi connectivity index (χ1v) is 9.72. The van der Waals surface area contributed by atoms with Gasteiger partial charge in [-0.2, -0.15) is 0 Å². The Bertz CT molecular complexity index is 895. The van der Waals surface area contributed by atoms with E-state index in [9.17, 15) is 4.21 Å². The van der Waals surface area contributed by atoms with Crippen LogP contribution in [-0.4, -0.2) is 29.9 Å². The number of rotatable bonds is 7. The van der Waals surface area contributed by atoms with Crippen LogP contribution < -0.4 is 4.74 Å². The Kier molecular flexibility index (Phi) is 6.03. The molecule has 0 aliphatic rings. The van der Waals surface area contributed by atoms with E-state index in [1.165, 1.54) is 0 Å². The van der Waals surface area contributed by atoms with Crippen LogP contribution in [0.1, 0.15) is 19.0 Å². The van der Waals surface area contributed by atoms with Gasteiger partial charge in [-0.05, 0) is 42.8 Å². The Hall–Kier alpha value is -2.22. The van der Waals surface area contributed by atoms with Gasteiger partial charge in [0.25, 0.3) is 0 Å². The number of halogens is 1. The zero-order chi connectivity index (χ0) is 18.5. The highest BCUT2D eigenvalue weighted by Crippen LogP contribution is 2.30. The van der Waals surface area contributed by atoms with Gasteiger partial charge in [-0.1, -0.05) is 18.5 Å². The van der Waals surface area contributed by atoms with Crippen molar-refractivity contribution < 1.29 is 13.5 Å². The molecule has 3 aromatic rings. The van der Waals surface area contributed by atoms with Crippen LogP contribution in [0.2, 0.25) is 5.15 Å². The topological polar surface area (TPSA) is 77.2 Å². The van der Waals surface area contributed by atoms with Gasteiger partial charge < -0.3 is 9.29 Å². The third kappa shape index (κ3) is 4.30. The third-order valence-electron chi connectivity index (χ3n) is 3.68. The fourth-order valence-corrected chi connectivity index (χ4v) is 3.15. The van der Waals surface area contributed by atoms with E-state index >= 15 is 0 Å². The molecule has 136 valence electrons. The molecular formula is C18H18ClN3O3S. The first-order valence-electron chi connectivity index (χ1n) is 8.07. The van der Waals surface area contributed by atoms with E-state index in [2.05, 4.69) is 16.9 Å². The predicted octanol–water partition coefficient (Wildman–Crippen LogP) is 4.10. The predicted molar refractivity (Wildman–Crippen MR) is 102 cm³/mol. The Morgan fingerprint density at radius 2 is 1.96 bits per heavy atom. The third-order valence-corrected chi connectivity index (χ3v) is 4.50. The monoisotopic (exact) mass is 391 g/mol. The van der Waals surface area contributed by atoms with Crippen LogP contribution >= 0.6 is 11.6 Å². The first-order chi connectivity index (χ1) is 12.6. The van der Waals surface area contributed by atoms with Crippen molar-refractivity contribution in [3.05, 3.63) is 59.8 Å². The second-order valence-electron chi connectivity index (χ2n) is 5.60. The average Bonchev–Trinajstić information content (AvgIpc) is 3.02. The largest absolute Gasteiger partial charge is 0.494 e. The normalized spacial score (nSPS) is 12.1. The van der Waals surface area contributed by atoms with Crippen molar-refractivity contribution in [2.45, 2.75) is 19.1 Å². The van der Waals surface area contributed by atoms with Gasteiger partial charge in [0.05, 0.1) is 35.6 Å². The first kappa shape index (κ1) is 18.6. The van der Waals surface area contributed by atoms with Crippen LogP contribution in [0.25, 0.3) is 16.9 Å². The maximum atomic E-state index is 10.9. The molecule has 0 fully saturated rings. The van der Waals surface area contributed by atoms with Gasteiger partial charge in [0.2, 0.25) is 0 Å². The van der Waals surface area contributed by atoms with E-state index in [4.69, 9.17) is 20.9 Å². The van der Waals surface area contributed by atoms with Crippen LogP contribution in [-0.2, 0) is 16.8 Å². The Morgan fingerprint density at radius 1 is 1.19 bits per heavy atom. The Labute approximate surface area is 159 Å². The molecule has 0 radical (unpaired) electrons. The van der Waals surface area contributed by atoms with Gasteiger partial charge >= 0.3 is 0 Å². The standard InChI is InChI=1S/C18H18ClN3O3S/c1-2-9-25-16-7-3-13(4-8-16)17-18(19)21-12-22(17)15-6-5-14(20-10-15)11-26(23)24/h3-8,10,12H,2,9,11H2,1H3,(H,23,24). The molecule has 2 heterocycles. The lowest BCUT2D eigenvalue weighted by Gasteiger charge is -2.10. The number of nitrogens with zero attached hydrogens (tertiary/aromatic N) is 3. The summed E-state index contributed by atoms with van der Waals surface area (Å²) < 4.78 is 27.3. The van der Waals surface area contributed by atoms with E-state index < -0.39 is 11.1 Å². The molecule has 26 heavy (non-hydrogen) atoms. The van der Waals surface area contributed by atoms with E-state index in [-0.39, 0.29) is 5.75 Å². The number of hydrogen-bond donors (Lipinski definition) is 1. The smallest absolute Gasteiger partial charge is 0.158 e. The van der Waals surface area contributed by atoms with Crippen molar-refractivity contribution >= 4 is 22.7 Å². The molecule has 0 spiro atoms. The maximum absolute atomic E-state index is 10.9. The summed E-state index contributed by atoms with van der Waals surface area (Å²) in [5, 5.41) is 0.382. The minimum absolute atomic E-state index is 0.00293. The summed E-state index contributed by atoms with van der Waals surface area (Å²) in [5.41, 5.74) is 2.95. The molecule has 6 nitrogen and oxygen atoms in total. The van der Waals surface area contributed by atoms with Crippen molar-refractivity contribution in [2.75, 3.05) is 6.61 Å². The number of imidazole rings is 1. The van der Waals surface area contributed by atoms with Crippen molar-refractivity contribution in [1.82, 2.24) is 14.5 Å². The van der Waals surface area contributed by atoms with Gasteiger partial charge in [0.15, 0.2) is 16.2 Å². The molecule has 0 aliphatic heterocycles. The summed E-state index contributed by atoms with van der Waals surface area (Å²) in [6, 6.07) is 11.2. The van der Waals surface area contributed by atoms with Crippen LogP contribution in [0, 0.1) is 0 Å². The summed E-state index contributed by atoms with van der Waals surface area (Å²) >= 11 is 4.38. The molecule has 2 aromatic heterocycles. The zero-order valence-corrected chi connectivity index (χ0v) is 15.7. The fourth-order valence-electron chi connectivity index (χ4n) is 2.48. The molecule has 0 aliphatic carbocycles. The highest BCUT2D eigenvalue weighted by Gasteiger charge is 2.14. The molecule has 0 saturated carbocycles. The maximum Gasteiger partial charge on any atom is 0.158 e.